The van der Waals surface area contributed by atoms with Crippen LogP contribution in [0.2, 0.25) is 10.0 Å². The number of anilines is 1. The number of ether oxygens (including phenoxy) is 1. The van der Waals surface area contributed by atoms with Crippen LogP contribution in [0.1, 0.15) is 25.8 Å². The molecule has 1 aromatic heterocycles. The van der Waals surface area contributed by atoms with Crippen LogP contribution in [0.15, 0.2) is 40.5 Å². The third-order valence-electron chi connectivity index (χ3n) is 9.75. The molecule has 4 aliphatic rings. The van der Waals surface area contributed by atoms with Crippen molar-refractivity contribution < 1.29 is 18.3 Å². The van der Waals surface area contributed by atoms with E-state index in [0.29, 0.717) is 64.5 Å². The highest BCUT2D eigenvalue weighted by Gasteiger charge is 2.42. The van der Waals surface area contributed by atoms with Crippen molar-refractivity contribution in [2.45, 2.75) is 36.7 Å². The van der Waals surface area contributed by atoms with Gasteiger partial charge < -0.3 is 19.4 Å². The molecule has 1 amide bonds. The highest BCUT2D eigenvalue weighted by Crippen LogP contribution is 2.49. The quantitative estimate of drug-likeness (QED) is 0.247. The molecule has 3 aromatic rings. The van der Waals surface area contributed by atoms with Crippen LogP contribution in [-0.2, 0) is 9.53 Å². The molecule has 14 heteroatoms. The van der Waals surface area contributed by atoms with Crippen LogP contribution in [-0.4, -0.2) is 89.5 Å². The van der Waals surface area contributed by atoms with E-state index in [9.17, 15) is 14.0 Å². The average Bonchev–Trinajstić information content (AvgIpc) is 3.00. The molecule has 46 heavy (non-hydrogen) atoms. The number of benzene rings is 2. The monoisotopic (exact) mass is 709 g/mol. The zero-order valence-electron chi connectivity index (χ0n) is 25.3. The summed E-state index contributed by atoms with van der Waals surface area (Å²) in [5, 5.41) is 0.695. The van der Waals surface area contributed by atoms with Crippen molar-refractivity contribution in [3.05, 3.63) is 63.0 Å². The van der Waals surface area contributed by atoms with Crippen molar-refractivity contribution >= 4 is 71.1 Å². The van der Waals surface area contributed by atoms with E-state index >= 15 is 4.39 Å². The zero-order chi connectivity index (χ0) is 31.6. The van der Waals surface area contributed by atoms with E-state index in [1.807, 2.05) is 11.8 Å². The van der Waals surface area contributed by atoms with Gasteiger partial charge >= 0.3 is 5.69 Å². The van der Waals surface area contributed by atoms with Crippen LogP contribution in [0.4, 0.5) is 14.6 Å². The molecule has 1 spiro atoms. The van der Waals surface area contributed by atoms with Gasteiger partial charge in [0.15, 0.2) is 0 Å². The van der Waals surface area contributed by atoms with E-state index in [4.69, 9.17) is 27.9 Å². The number of hydrogen-bond donors (Lipinski definition) is 0. The van der Waals surface area contributed by atoms with Crippen LogP contribution < -0.4 is 10.6 Å². The van der Waals surface area contributed by atoms with E-state index in [-0.39, 0.29) is 47.1 Å². The van der Waals surface area contributed by atoms with Gasteiger partial charge in [0.2, 0.25) is 5.91 Å². The molecule has 3 saturated heterocycles. The Labute approximate surface area is 287 Å². The number of piperidine rings is 1. The maximum atomic E-state index is 15.3. The van der Waals surface area contributed by atoms with Crippen molar-refractivity contribution in [1.82, 2.24) is 19.4 Å². The second-order valence-electron chi connectivity index (χ2n) is 12.6. The van der Waals surface area contributed by atoms with Crippen LogP contribution in [0.5, 0.6) is 0 Å². The van der Waals surface area contributed by atoms with Gasteiger partial charge in [0, 0.05) is 70.9 Å². The topological polar surface area (TPSA) is 70.9 Å². The molecule has 0 radical (unpaired) electrons. The number of amides is 1. The Kier molecular flexibility index (Phi) is 9.43. The fourth-order valence-electron chi connectivity index (χ4n) is 7.17. The van der Waals surface area contributed by atoms with Gasteiger partial charge in [-0.05, 0) is 51.1 Å². The molecule has 5 heterocycles. The smallest absolute Gasteiger partial charge is 0.350 e. The predicted octanol–water partition coefficient (Wildman–Crippen LogP) is 5.74. The van der Waals surface area contributed by atoms with Gasteiger partial charge in [-0.2, -0.15) is 18.5 Å². The first kappa shape index (κ1) is 33.5. The number of halogens is 4. The standard InChI is InChI=1S/C32H33Cl2F2N5O3S.H2S/c1-3-26(42)39-8-9-40(18(2)13-39)30-21-11-23(34)27(20-10-22(33)25(36)12-24(20)35)29-28(21)41(31(43)37-30)19(15-45-29)14-38-6-4-32(5-7-38)16-44-17-32;/h3,10-12,18-19H,1,4-9,13-17H2,2H3;1H2/t18-,19-;/m0./s1. The van der Waals surface area contributed by atoms with Crippen molar-refractivity contribution in [2.24, 2.45) is 5.41 Å². The van der Waals surface area contributed by atoms with E-state index in [1.54, 1.807) is 15.5 Å². The maximum absolute atomic E-state index is 15.3. The van der Waals surface area contributed by atoms with E-state index < -0.39 is 17.3 Å². The van der Waals surface area contributed by atoms with Crippen LogP contribution in [0.25, 0.3) is 22.0 Å². The van der Waals surface area contributed by atoms with Crippen molar-refractivity contribution in [3.8, 4) is 11.1 Å². The Balaban J connectivity index is 0.00000372. The molecule has 4 aliphatic heterocycles. The first-order valence-corrected chi connectivity index (χ1v) is 16.9. The molecular weight excluding hydrogens is 675 g/mol. The Morgan fingerprint density at radius 3 is 2.52 bits per heavy atom. The summed E-state index contributed by atoms with van der Waals surface area (Å²) in [4.78, 5) is 37.8. The Morgan fingerprint density at radius 1 is 1.13 bits per heavy atom. The molecule has 7 rings (SSSR count). The van der Waals surface area contributed by atoms with Gasteiger partial charge in [-0.3, -0.25) is 9.36 Å². The molecule has 0 aliphatic carbocycles. The number of thioether (sulfide) groups is 1. The maximum Gasteiger partial charge on any atom is 0.350 e. The second-order valence-corrected chi connectivity index (χ2v) is 14.4. The van der Waals surface area contributed by atoms with Crippen molar-refractivity contribution in [2.75, 3.05) is 63.1 Å². The van der Waals surface area contributed by atoms with Gasteiger partial charge in [0.25, 0.3) is 0 Å². The summed E-state index contributed by atoms with van der Waals surface area (Å²) >= 11 is 14.6. The number of carbonyl (C=O) groups excluding carboxylic acids is 1. The molecule has 8 nitrogen and oxygen atoms in total. The molecule has 2 aromatic carbocycles. The molecule has 0 N–H and O–H groups in total. The molecule has 2 atom stereocenters. The van der Waals surface area contributed by atoms with Crippen LogP contribution >= 0.6 is 48.5 Å². The summed E-state index contributed by atoms with van der Waals surface area (Å²) in [5.74, 6) is -0.774. The van der Waals surface area contributed by atoms with Crippen molar-refractivity contribution in [3.63, 3.8) is 0 Å². The van der Waals surface area contributed by atoms with E-state index in [0.717, 1.165) is 45.2 Å². The zero-order valence-corrected chi connectivity index (χ0v) is 28.7. The minimum Gasteiger partial charge on any atom is -0.380 e. The molecule has 0 unspecified atom stereocenters. The Morgan fingerprint density at radius 2 is 1.87 bits per heavy atom. The third-order valence-corrected chi connectivity index (χ3v) is 11.6. The highest BCUT2D eigenvalue weighted by molar-refractivity contribution is 7.99. The summed E-state index contributed by atoms with van der Waals surface area (Å²) in [6.45, 7) is 11.1. The second kappa shape index (κ2) is 12.9. The summed E-state index contributed by atoms with van der Waals surface area (Å²) < 4.78 is 36.7. The lowest BCUT2D eigenvalue weighted by Crippen LogP contribution is -2.54. The summed E-state index contributed by atoms with van der Waals surface area (Å²) in [6.07, 6.45) is 3.43. The number of hydrogen-bond acceptors (Lipinski definition) is 7. The number of rotatable bonds is 5. The van der Waals surface area contributed by atoms with Gasteiger partial charge in [0.05, 0.1) is 34.8 Å². The SMILES string of the molecule is C=CC(=O)N1CCN(c2nc(=O)n3c4c(c(-c5cc(Cl)c(F)cc5F)c(Cl)cc24)SC[C@@H]3CN2CCC3(CC2)COC3)[C@@H](C)C1.S. The first-order valence-electron chi connectivity index (χ1n) is 15.1. The van der Waals surface area contributed by atoms with Gasteiger partial charge in [-0.25, -0.2) is 13.6 Å². The number of piperazine rings is 1. The fraction of sp³-hybridized carbons (Fsp3) is 0.469. The van der Waals surface area contributed by atoms with Gasteiger partial charge in [0.1, 0.15) is 17.5 Å². The largest absolute Gasteiger partial charge is 0.380 e. The van der Waals surface area contributed by atoms with Crippen molar-refractivity contribution in [1.29, 1.82) is 0 Å². The molecule has 246 valence electrons. The lowest BCUT2D eigenvalue weighted by molar-refractivity contribution is -0.140. The number of carbonyl (C=O) groups is 1. The highest BCUT2D eigenvalue weighted by atomic mass is 35.5. The molecule has 3 fully saturated rings. The third kappa shape index (κ3) is 5.72. The lowest BCUT2D eigenvalue weighted by Gasteiger charge is -2.48. The summed E-state index contributed by atoms with van der Waals surface area (Å²) in [7, 11) is 0. The normalized spacial score (nSPS) is 22.5. The summed E-state index contributed by atoms with van der Waals surface area (Å²) in [5.41, 5.74) is 0.967. The summed E-state index contributed by atoms with van der Waals surface area (Å²) in [6, 6.07) is 3.41. The Hall–Kier alpha value is -2.35. The number of nitrogens with zero attached hydrogens (tertiary/aromatic N) is 5. The van der Waals surface area contributed by atoms with E-state index in [1.165, 1.54) is 23.9 Å². The van der Waals surface area contributed by atoms with Crippen LogP contribution in [0, 0.1) is 17.0 Å². The van der Waals surface area contributed by atoms with E-state index in [2.05, 4.69) is 16.5 Å². The van der Waals surface area contributed by atoms with Crippen LogP contribution in [0.3, 0.4) is 0 Å². The Bertz CT molecular complexity index is 1780. The molecular formula is C32H35Cl2F2N5O3S2. The number of aromatic nitrogens is 2. The fourth-order valence-corrected chi connectivity index (χ4v) is 9.01. The van der Waals surface area contributed by atoms with Gasteiger partial charge in [-0.1, -0.05) is 29.8 Å². The number of likely N-dealkylation sites (tertiary alicyclic amines) is 1. The predicted molar refractivity (Wildman–Crippen MR) is 184 cm³/mol. The average molecular weight is 711 g/mol. The minimum atomic E-state index is -0.862. The first-order chi connectivity index (χ1) is 21.6. The lowest BCUT2D eigenvalue weighted by atomic mass is 9.77. The molecule has 0 bridgehead atoms. The van der Waals surface area contributed by atoms with Gasteiger partial charge in [-0.15, -0.1) is 11.8 Å². The minimum absolute atomic E-state index is 0. The molecule has 0 saturated carbocycles.